The minimum Gasteiger partial charge on any atom is -0.339 e. The predicted molar refractivity (Wildman–Crippen MR) is 102 cm³/mol. The van der Waals surface area contributed by atoms with E-state index in [2.05, 4.69) is 0 Å². The Kier molecular flexibility index (Phi) is 6.54. The van der Waals surface area contributed by atoms with E-state index >= 15 is 0 Å². The lowest BCUT2D eigenvalue weighted by Crippen LogP contribution is -2.53. The molecule has 1 atom stereocenters. The maximum absolute atomic E-state index is 12.9. The molecule has 3 rings (SSSR count). The van der Waals surface area contributed by atoms with Crippen molar-refractivity contribution in [3.8, 4) is 0 Å². The molecule has 0 unspecified atom stereocenters. The summed E-state index contributed by atoms with van der Waals surface area (Å²) >= 11 is 0. The lowest BCUT2D eigenvalue weighted by molar-refractivity contribution is -0.187. The van der Waals surface area contributed by atoms with Crippen LogP contribution in [0.5, 0.6) is 0 Å². The normalized spacial score (nSPS) is 22.6. The molecular weight excluding hydrogens is 407 g/mol. The van der Waals surface area contributed by atoms with Gasteiger partial charge in [-0.15, -0.1) is 0 Å². The van der Waals surface area contributed by atoms with Crippen LogP contribution in [0.15, 0.2) is 29.2 Å². The van der Waals surface area contributed by atoms with Crippen LogP contribution in [0.4, 0.5) is 13.2 Å². The minimum absolute atomic E-state index is 0.0582. The van der Waals surface area contributed by atoms with Crippen molar-refractivity contribution in [2.75, 3.05) is 45.8 Å². The van der Waals surface area contributed by atoms with Crippen molar-refractivity contribution in [1.82, 2.24) is 14.1 Å². The monoisotopic (exact) mass is 433 g/mol. The number of hydrogen-bond acceptors (Lipinski definition) is 4. The van der Waals surface area contributed by atoms with Gasteiger partial charge in [-0.3, -0.25) is 9.69 Å². The van der Waals surface area contributed by atoms with Crippen LogP contribution in [-0.2, 0) is 14.8 Å². The quantitative estimate of drug-likeness (QED) is 0.730. The second-order valence-electron chi connectivity index (χ2n) is 7.71. The molecule has 162 valence electrons. The second-order valence-corrected chi connectivity index (χ2v) is 9.65. The first-order valence-electron chi connectivity index (χ1n) is 9.71. The zero-order valence-corrected chi connectivity index (χ0v) is 17.2. The summed E-state index contributed by atoms with van der Waals surface area (Å²) in [5, 5.41) is 0. The van der Waals surface area contributed by atoms with Gasteiger partial charge in [0.25, 0.3) is 0 Å². The van der Waals surface area contributed by atoms with Crippen molar-refractivity contribution in [2.45, 2.75) is 30.8 Å². The van der Waals surface area contributed by atoms with Gasteiger partial charge in [0.2, 0.25) is 15.9 Å². The van der Waals surface area contributed by atoms with Crippen molar-refractivity contribution in [2.24, 2.45) is 5.92 Å². The van der Waals surface area contributed by atoms with E-state index < -0.39 is 22.1 Å². The second kappa shape index (κ2) is 8.61. The van der Waals surface area contributed by atoms with Crippen molar-refractivity contribution < 1.29 is 26.4 Å². The molecule has 2 aliphatic heterocycles. The number of alkyl halides is 3. The van der Waals surface area contributed by atoms with Crippen molar-refractivity contribution >= 4 is 15.9 Å². The van der Waals surface area contributed by atoms with Crippen LogP contribution in [-0.4, -0.2) is 80.4 Å². The van der Waals surface area contributed by atoms with Gasteiger partial charge in [-0.25, -0.2) is 8.42 Å². The molecule has 2 saturated heterocycles. The highest BCUT2D eigenvalue weighted by molar-refractivity contribution is 7.89. The molecule has 0 radical (unpaired) electrons. The molecule has 0 spiro atoms. The Morgan fingerprint density at radius 1 is 1.07 bits per heavy atom. The third kappa shape index (κ3) is 5.29. The van der Waals surface area contributed by atoms with Gasteiger partial charge in [0.15, 0.2) is 0 Å². The molecule has 0 N–H and O–H groups in total. The van der Waals surface area contributed by atoms with Crippen molar-refractivity contribution in [3.63, 3.8) is 0 Å². The van der Waals surface area contributed by atoms with Crippen LogP contribution < -0.4 is 0 Å². The summed E-state index contributed by atoms with van der Waals surface area (Å²) in [6.07, 6.45) is -3.72. The summed E-state index contributed by atoms with van der Waals surface area (Å²) < 4.78 is 65.6. The van der Waals surface area contributed by atoms with Gasteiger partial charge in [-0.2, -0.15) is 17.5 Å². The number of carbonyl (C=O) groups is 1. The molecule has 2 fully saturated rings. The number of sulfonamides is 1. The number of benzene rings is 1. The molecule has 0 aromatic heterocycles. The SMILES string of the molecule is Cc1ccc(S(=O)(=O)N2CCN(C(=O)CN3CCC[C@@H](C(F)(F)F)C3)CC2)cc1. The maximum Gasteiger partial charge on any atom is 0.393 e. The lowest BCUT2D eigenvalue weighted by atomic mass is 9.97. The number of amides is 1. The van der Waals surface area contributed by atoms with E-state index in [9.17, 15) is 26.4 Å². The number of nitrogens with zero attached hydrogens (tertiary/aromatic N) is 3. The fraction of sp³-hybridized carbons (Fsp3) is 0.632. The van der Waals surface area contributed by atoms with Crippen LogP contribution in [0, 0.1) is 12.8 Å². The number of aryl methyl sites for hydroxylation is 1. The molecule has 2 heterocycles. The van der Waals surface area contributed by atoms with E-state index in [-0.39, 0.29) is 56.5 Å². The Morgan fingerprint density at radius 2 is 1.69 bits per heavy atom. The Labute approximate surface area is 169 Å². The molecule has 29 heavy (non-hydrogen) atoms. The lowest BCUT2D eigenvalue weighted by Gasteiger charge is -2.37. The third-order valence-corrected chi connectivity index (χ3v) is 7.49. The topological polar surface area (TPSA) is 60.9 Å². The van der Waals surface area contributed by atoms with Crippen molar-refractivity contribution in [3.05, 3.63) is 29.8 Å². The summed E-state index contributed by atoms with van der Waals surface area (Å²) in [7, 11) is -3.62. The largest absolute Gasteiger partial charge is 0.393 e. The number of piperazine rings is 1. The molecule has 1 aromatic carbocycles. The summed E-state index contributed by atoms with van der Waals surface area (Å²) in [4.78, 5) is 15.8. The van der Waals surface area contributed by atoms with Gasteiger partial charge in [-0.1, -0.05) is 17.7 Å². The predicted octanol–water partition coefficient (Wildman–Crippen LogP) is 2.10. The van der Waals surface area contributed by atoms with Gasteiger partial charge < -0.3 is 4.90 Å². The summed E-state index contributed by atoms with van der Waals surface area (Å²) in [6, 6.07) is 6.60. The average molecular weight is 433 g/mol. The third-order valence-electron chi connectivity index (χ3n) is 5.58. The molecule has 6 nitrogen and oxygen atoms in total. The number of halogens is 3. The Bertz CT molecular complexity index is 819. The molecule has 2 aliphatic rings. The highest BCUT2D eigenvalue weighted by Crippen LogP contribution is 2.33. The highest BCUT2D eigenvalue weighted by atomic mass is 32.2. The van der Waals surface area contributed by atoms with E-state index in [1.165, 1.54) is 4.31 Å². The minimum atomic E-state index is -4.24. The first-order valence-corrected chi connectivity index (χ1v) is 11.1. The summed E-state index contributed by atoms with van der Waals surface area (Å²) in [6.45, 7) is 2.95. The van der Waals surface area contributed by atoms with Crippen LogP contribution in [0.3, 0.4) is 0 Å². The molecule has 0 aliphatic carbocycles. The molecule has 0 bridgehead atoms. The van der Waals surface area contributed by atoms with Gasteiger partial charge in [0.1, 0.15) is 0 Å². The molecule has 1 amide bonds. The Morgan fingerprint density at radius 3 is 2.28 bits per heavy atom. The number of rotatable bonds is 4. The summed E-state index contributed by atoms with van der Waals surface area (Å²) in [5.74, 6) is -1.64. The molecule has 0 saturated carbocycles. The van der Waals surface area contributed by atoms with Gasteiger partial charge >= 0.3 is 6.18 Å². The van der Waals surface area contributed by atoms with Crippen LogP contribution >= 0.6 is 0 Å². The van der Waals surface area contributed by atoms with Crippen LogP contribution in [0.1, 0.15) is 18.4 Å². The zero-order valence-electron chi connectivity index (χ0n) is 16.4. The number of carbonyl (C=O) groups excluding carboxylic acids is 1. The van der Waals surface area contributed by atoms with Gasteiger partial charge in [-0.05, 0) is 38.4 Å². The number of hydrogen-bond donors (Lipinski definition) is 0. The summed E-state index contributed by atoms with van der Waals surface area (Å²) in [5.41, 5.74) is 0.963. The smallest absolute Gasteiger partial charge is 0.339 e. The first kappa shape index (κ1) is 22.0. The van der Waals surface area contributed by atoms with Crippen molar-refractivity contribution in [1.29, 1.82) is 0 Å². The van der Waals surface area contributed by atoms with Crippen LogP contribution in [0.2, 0.25) is 0 Å². The highest BCUT2D eigenvalue weighted by Gasteiger charge is 2.42. The van der Waals surface area contributed by atoms with E-state index in [0.717, 1.165) is 5.56 Å². The van der Waals surface area contributed by atoms with E-state index in [1.807, 2.05) is 6.92 Å². The van der Waals surface area contributed by atoms with E-state index in [0.29, 0.717) is 13.0 Å². The molecule has 10 heteroatoms. The Hall–Kier alpha value is -1.65. The maximum atomic E-state index is 12.9. The number of piperidine rings is 1. The number of likely N-dealkylation sites (tertiary alicyclic amines) is 1. The van der Waals surface area contributed by atoms with Gasteiger partial charge in [0, 0.05) is 32.7 Å². The molecule has 1 aromatic rings. The van der Waals surface area contributed by atoms with Gasteiger partial charge in [0.05, 0.1) is 17.4 Å². The van der Waals surface area contributed by atoms with Crippen LogP contribution in [0.25, 0.3) is 0 Å². The Balaban J connectivity index is 1.54. The fourth-order valence-electron chi connectivity index (χ4n) is 3.79. The standard InChI is InChI=1S/C19H26F3N3O3S/c1-15-4-6-17(7-5-15)29(27,28)25-11-9-24(10-12-25)18(26)14-23-8-2-3-16(13-23)19(20,21)22/h4-7,16H,2-3,8-14H2,1H3/t16-/m1/s1. The van der Waals surface area contributed by atoms with E-state index in [4.69, 9.17) is 0 Å². The molecular formula is C19H26F3N3O3S. The first-order chi connectivity index (χ1) is 13.6. The zero-order chi connectivity index (χ0) is 21.2. The average Bonchev–Trinajstić information content (AvgIpc) is 2.68. The van der Waals surface area contributed by atoms with E-state index in [1.54, 1.807) is 34.1 Å². The fourth-order valence-corrected chi connectivity index (χ4v) is 5.22.